The van der Waals surface area contributed by atoms with Crippen LogP contribution in [0.5, 0.6) is 11.5 Å². The van der Waals surface area contributed by atoms with E-state index in [0.717, 1.165) is 29.6 Å². The fourth-order valence-electron chi connectivity index (χ4n) is 2.24. The molecule has 174 valence electrons. The molecule has 4 N–H and O–H groups in total. The van der Waals surface area contributed by atoms with Crippen LogP contribution in [0.3, 0.4) is 0 Å². The van der Waals surface area contributed by atoms with Crippen LogP contribution >= 0.6 is 0 Å². The first-order chi connectivity index (χ1) is 15.3. The van der Waals surface area contributed by atoms with Gasteiger partial charge in [0.05, 0.1) is 14.2 Å². The van der Waals surface area contributed by atoms with Crippen LogP contribution in [-0.4, -0.2) is 27.5 Å². The van der Waals surface area contributed by atoms with Gasteiger partial charge < -0.3 is 36.5 Å². The molecule has 0 saturated carbocycles. The topological polar surface area (TPSA) is 118 Å². The van der Waals surface area contributed by atoms with Crippen molar-refractivity contribution in [3.05, 3.63) is 70.2 Å². The molecule has 2 aromatic rings. The van der Waals surface area contributed by atoms with Crippen molar-refractivity contribution in [1.29, 1.82) is 10.7 Å². The van der Waals surface area contributed by atoms with Gasteiger partial charge in [-0.25, -0.2) is 17.6 Å². The Labute approximate surface area is 232 Å². The fraction of sp³-hybridized carbons (Fsp3) is 0.238. The molecule has 33 heavy (non-hydrogen) atoms. The van der Waals surface area contributed by atoms with E-state index in [1.165, 1.54) is 20.4 Å². The third kappa shape index (κ3) is 11.4. The molecule has 0 fully saturated rings. The number of benzene rings is 2. The first-order valence-corrected chi connectivity index (χ1v) is 8.84. The molecule has 2 rings (SSSR count). The number of hydrogen-bond acceptors (Lipinski definition) is 6. The van der Waals surface area contributed by atoms with E-state index in [1.54, 1.807) is 12.1 Å². The molecule has 7 nitrogen and oxygen atoms in total. The molecule has 0 atom stereocenters. The Morgan fingerprint density at radius 2 is 1.67 bits per heavy atom. The molecule has 0 radical (unpaired) electrons. The summed E-state index contributed by atoms with van der Waals surface area (Å²) in [5, 5.41) is 19.3. The molecule has 0 heterocycles. The zero-order chi connectivity index (χ0) is 24.7. The van der Waals surface area contributed by atoms with Gasteiger partial charge in [-0.1, -0.05) is 6.19 Å². The third-order valence-electron chi connectivity index (χ3n) is 3.74. The van der Waals surface area contributed by atoms with Crippen LogP contribution in [0.4, 0.5) is 23.2 Å². The van der Waals surface area contributed by atoms with Gasteiger partial charge in [0.1, 0.15) is 5.83 Å². The van der Waals surface area contributed by atoms with Crippen LogP contribution in [0.1, 0.15) is 11.1 Å². The minimum Gasteiger partial charge on any atom is -0.494 e. The van der Waals surface area contributed by atoms with Crippen molar-refractivity contribution in [3.63, 3.8) is 0 Å². The molecule has 0 aromatic heterocycles. The van der Waals surface area contributed by atoms with Gasteiger partial charge in [0, 0.05) is 31.0 Å². The van der Waals surface area contributed by atoms with Gasteiger partial charge in [0.2, 0.25) is 0 Å². The quantitative estimate of drug-likeness (QED) is 0.179. The largest absolute Gasteiger partial charge is 1.00 e. The molecule has 0 aliphatic carbocycles. The summed E-state index contributed by atoms with van der Waals surface area (Å²) in [6.45, 7) is 4.26. The summed E-state index contributed by atoms with van der Waals surface area (Å²) in [5.74, 6) is -3.35. The van der Waals surface area contributed by atoms with Crippen molar-refractivity contribution in [1.82, 2.24) is 0 Å². The van der Waals surface area contributed by atoms with Crippen molar-refractivity contribution in [2.45, 2.75) is 13.5 Å². The minimum atomic E-state index is -1.47. The normalized spacial score (nSPS) is 9.58. The second kappa shape index (κ2) is 18.2. The van der Waals surface area contributed by atoms with Gasteiger partial charge in [0.25, 0.3) is 0 Å². The van der Waals surface area contributed by atoms with Crippen LogP contribution in [0, 0.1) is 41.2 Å². The molecule has 0 unspecified atom stereocenters. The Hall–Kier alpha value is -2.30. The van der Waals surface area contributed by atoms with E-state index in [0.29, 0.717) is 17.1 Å². The second-order valence-corrected chi connectivity index (χ2v) is 5.78. The number of rotatable bonds is 7. The van der Waals surface area contributed by atoms with Crippen LogP contribution in [-0.2, 0) is 6.54 Å². The Balaban J connectivity index is 0. The van der Waals surface area contributed by atoms with E-state index in [2.05, 4.69) is 17.4 Å². The van der Waals surface area contributed by atoms with Crippen LogP contribution in [0.15, 0.2) is 36.3 Å². The third-order valence-corrected chi connectivity index (χ3v) is 3.74. The van der Waals surface area contributed by atoms with Gasteiger partial charge in [-0.3, -0.25) is 0 Å². The van der Waals surface area contributed by atoms with E-state index in [9.17, 15) is 17.6 Å². The Morgan fingerprint density at radius 1 is 1.15 bits per heavy atom. The maximum Gasteiger partial charge on any atom is 1.00 e. The number of hydrogen-bond donors (Lipinski definition) is 3. The van der Waals surface area contributed by atoms with Gasteiger partial charge in [-0.2, -0.15) is 0 Å². The summed E-state index contributed by atoms with van der Waals surface area (Å²) >= 11 is 0. The molecule has 0 spiro atoms. The standard InChI is InChI=1S/C16H16F3NO2.C4H5FN3.CH3N.K/c1-9-4-14(21-2)15(22-3)7-13(9)20-8-10-5-11(17)16(19)12(18)6-10;5-4(1-6)2-8-3-7;1-2;/h4-7,20H,8H2,1-3H3;1H,2,6H2;2H,1H2;/q;-1;;+1/b;4-1+;;. The summed E-state index contributed by atoms with van der Waals surface area (Å²) in [7, 11) is 3.05. The van der Waals surface area contributed by atoms with Crippen molar-refractivity contribution in [2.24, 2.45) is 5.73 Å². The van der Waals surface area contributed by atoms with Crippen molar-refractivity contribution in [2.75, 3.05) is 26.1 Å². The van der Waals surface area contributed by atoms with Gasteiger partial charge in [-0.05, 0) is 43.0 Å². The van der Waals surface area contributed by atoms with Crippen LogP contribution in [0.2, 0.25) is 0 Å². The average molecular weight is 494 g/mol. The predicted molar refractivity (Wildman–Crippen MR) is 115 cm³/mol. The molecular weight excluding hydrogens is 469 g/mol. The number of nitriles is 1. The SMILES string of the molecule is C=N.COc1cc(C)c(NCc2cc(F)c(F)c(F)c2)cc1OC.N#C[N-]C/C(F)=C\N.[K+]. The molecule has 0 bridgehead atoms. The maximum absolute atomic E-state index is 13.2. The Bertz CT molecular complexity index is 932. The van der Waals surface area contributed by atoms with Crippen molar-refractivity contribution < 1.29 is 78.4 Å². The van der Waals surface area contributed by atoms with Gasteiger partial charge in [0.15, 0.2) is 29.0 Å². The first kappa shape index (κ1) is 32.9. The first-order valence-electron chi connectivity index (χ1n) is 8.84. The van der Waals surface area contributed by atoms with Crippen LogP contribution in [0.25, 0.3) is 5.32 Å². The number of anilines is 1. The molecule has 0 saturated heterocycles. The minimum absolute atomic E-state index is 0. The number of nitrogens with one attached hydrogen (secondary N) is 2. The number of methoxy groups -OCH3 is 2. The smallest absolute Gasteiger partial charge is 0.494 e. The summed E-state index contributed by atoms with van der Waals surface area (Å²) in [6.07, 6.45) is 2.20. The Kier molecular flexibility index (Phi) is 18.1. The van der Waals surface area contributed by atoms with Gasteiger partial charge in [-0.15, -0.1) is 0 Å². The van der Waals surface area contributed by atoms with E-state index in [1.807, 2.05) is 6.92 Å². The fourth-order valence-corrected chi connectivity index (χ4v) is 2.24. The summed E-state index contributed by atoms with van der Waals surface area (Å²) in [4.78, 5) is 0. The van der Waals surface area contributed by atoms with E-state index < -0.39 is 23.3 Å². The van der Waals surface area contributed by atoms with Crippen molar-refractivity contribution >= 4 is 12.4 Å². The average Bonchev–Trinajstić information content (AvgIpc) is 2.81. The molecule has 2 aromatic carbocycles. The molecular formula is C21H24F4KN5O2. The molecule has 0 aliphatic rings. The van der Waals surface area contributed by atoms with Crippen molar-refractivity contribution in [3.8, 4) is 17.7 Å². The monoisotopic (exact) mass is 493 g/mol. The van der Waals surface area contributed by atoms with E-state index >= 15 is 0 Å². The molecule has 12 heteroatoms. The maximum atomic E-state index is 13.2. The second-order valence-electron chi connectivity index (χ2n) is 5.78. The number of nitrogens with two attached hydrogens (primary N) is 1. The summed E-state index contributed by atoms with van der Waals surface area (Å²) in [6, 6.07) is 5.43. The number of ether oxygens (including phenoxy) is 2. The summed E-state index contributed by atoms with van der Waals surface area (Å²) < 4.78 is 61.5. The zero-order valence-electron chi connectivity index (χ0n) is 18.8. The number of halogens is 4. The Morgan fingerprint density at radius 3 is 2.12 bits per heavy atom. The van der Waals surface area contributed by atoms with Gasteiger partial charge >= 0.3 is 51.4 Å². The predicted octanol–water partition coefficient (Wildman–Crippen LogP) is 1.92. The number of nitrogens with zero attached hydrogens (tertiary/aromatic N) is 2. The number of aryl methyl sites for hydroxylation is 1. The van der Waals surface area contributed by atoms with E-state index in [4.69, 9.17) is 25.9 Å². The molecule has 0 amide bonds. The van der Waals surface area contributed by atoms with Crippen LogP contribution < -0.4 is 71.9 Å². The summed E-state index contributed by atoms with van der Waals surface area (Å²) in [5.41, 5.74) is 6.60. The molecule has 0 aliphatic heterocycles. The van der Waals surface area contributed by atoms with E-state index in [-0.39, 0.29) is 64.5 Å². The zero-order valence-corrected chi connectivity index (χ0v) is 21.9.